The van der Waals surface area contributed by atoms with Crippen LogP contribution in [0.4, 0.5) is 0 Å². The Bertz CT molecular complexity index is 1150. The zero-order valence-corrected chi connectivity index (χ0v) is 32.2. The molecule has 0 saturated carbocycles. The first-order valence-corrected chi connectivity index (χ1v) is 20.2. The van der Waals surface area contributed by atoms with E-state index in [4.69, 9.17) is 24.3 Å². The highest BCUT2D eigenvalue weighted by Gasteiger charge is 2.25. The van der Waals surface area contributed by atoms with Crippen molar-refractivity contribution in [1.82, 2.24) is 0 Å². The lowest BCUT2D eigenvalue weighted by atomic mass is 10.1. The van der Waals surface area contributed by atoms with Crippen LogP contribution in [0.25, 0.3) is 0 Å². The molecule has 0 radical (unpaired) electrons. The Balaban J connectivity index is 4.41. The van der Waals surface area contributed by atoms with Crippen molar-refractivity contribution in [3.05, 3.63) is 97.2 Å². The number of esters is 2. The fourth-order valence-electron chi connectivity index (χ4n) is 4.26. The summed E-state index contributed by atoms with van der Waals surface area (Å²) in [6.07, 6.45) is 45.9. The lowest BCUT2D eigenvalue weighted by Gasteiger charge is -2.19. The van der Waals surface area contributed by atoms with Gasteiger partial charge in [0.25, 0.3) is 0 Å². The highest BCUT2D eigenvalue weighted by Crippen LogP contribution is 2.43. The molecule has 9 nitrogen and oxygen atoms in total. The van der Waals surface area contributed by atoms with Crippen LogP contribution in [0.5, 0.6) is 0 Å². The molecule has 0 aliphatic heterocycles. The van der Waals surface area contributed by atoms with Gasteiger partial charge in [0.15, 0.2) is 6.10 Å². The third kappa shape index (κ3) is 36.5. The highest BCUT2D eigenvalue weighted by molar-refractivity contribution is 7.47. The summed E-state index contributed by atoms with van der Waals surface area (Å²) < 4.78 is 32.5. The van der Waals surface area contributed by atoms with Crippen LogP contribution in [0.1, 0.15) is 117 Å². The average molecular weight is 732 g/mol. The minimum Gasteiger partial charge on any atom is -0.462 e. The van der Waals surface area contributed by atoms with E-state index in [9.17, 15) is 19.0 Å². The van der Waals surface area contributed by atoms with E-state index in [1.807, 2.05) is 0 Å². The smallest absolute Gasteiger partial charge is 0.462 e. The summed E-state index contributed by atoms with van der Waals surface area (Å²) in [4.78, 5) is 34.7. The quantitative estimate of drug-likeness (QED) is 0.0293. The summed E-state index contributed by atoms with van der Waals surface area (Å²) in [5.74, 6) is -0.941. The van der Waals surface area contributed by atoms with Crippen molar-refractivity contribution >= 4 is 19.8 Å². The van der Waals surface area contributed by atoms with Crippen LogP contribution in [0, 0.1) is 0 Å². The average Bonchev–Trinajstić information content (AvgIpc) is 3.11. The predicted octanol–water partition coefficient (Wildman–Crippen LogP) is 10.3. The first-order valence-electron chi connectivity index (χ1n) is 18.7. The van der Waals surface area contributed by atoms with E-state index < -0.39 is 32.5 Å². The van der Waals surface area contributed by atoms with Crippen LogP contribution in [0.15, 0.2) is 97.2 Å². The molecular formula is C41H66NO8P. The largest absolute Gasteiger partial charge is 0.472 e. The van der Waals surface area contributed by atoms with E-state index in [1.54, 1.807) is 0 Å². The summed E-state index contributed by atoms with van der Waals surface area (Å²) in [5.41, 5.74) is 5.32. The molecule has 0 amide bonds. The van der Waals surface area contributed by atoms with Crippen molar-refractivity contribution in [2.24, 2.45) is 5.73 Å². The molecule has 288 valence electrons. The molecule has 10 heteroatoms. The molecule has 2 unspecified atom stereocenters. The van der Waals surface area contributed by atoms with Crippen LogP contribution in [0.3, 0.4) is 0 Å². The molecule has 0 heterocycles. The first kappa shape index (κ1) is 47.9. The fraction of sp³-hybridized carbons (Fsp3) is 0.561. The Morgan fingerprint density at radius 3 is 1.43 bits per heavy atom. The Kier molecular flexibility index (Phi) is 34.5. The number of allylic oxidation sites excluding steroid dienone is 16. The van der Waals surface area contributed by atoms with E-state index in [1.165, 1.54) is 0 Å². The SMILES string of the molecule is CC/C=C\C/C=C\C/C=C\C/C=C\CCCCC(=O)OCC(COP(=O)(O)OCCN)OC(=O)CCCC/C=C\C/C=C\C/C=C\C/C=C\CC. The Morgan fingerprint density at radius 2 is 1.00 bits per heavy atom. The second-order valence-corrected chi connectivity index (χ2v) is 13.1. The molecule has 0 aliphatic carbocycles. The zero-order valence-electron chi connectivity index (χ0n) is 31.3. The second kappa shape index (κ2) is 36.7. The molecule has 0 spiro atoms. The summed E-state index contributed by atoms with van der Waals surface area (Å²) >= 11 is 0. The molecule has 0 rings (SSSR count). The molecular weight excluding hydrogens is 665 g/mol. The monoisotopic (exact) mass is 731 g/mol. The van der Waals surface area contributed by atoms with E-state index in [-0.39, 0.29) is 32.6 Å². The normalized spacial score (nSPS) is 14.5. The molecule has 0 aliphatic rings. The summed E-state index contributed by atoms with van der Waals surface area (Å²) in [6, 6.07) is 0. The van der Waals surface area contributed by atoms with Crippen LogP contribution in [0.2, 0.25) is 0 Å². The van der Waals surface area contributed by atoms with Crippen molar-refractivity contribution in [2.45, 2.75) is 123 Å². The fourth-order valence-corrected chi connectivity index (χ4v) is 5.03. The van der Waals surface area contributed by atoms with E-state index in [0.29, 0.717) is 12.8 Å². The van der Waals surface area contributed by atoms with Crippen LogP contribution in [-0.2, 0) is 32.7 Å². The molecule has 2 atom stereocenters. The van der Waals surface area contributed by atoms with Gasteiger partial charge in [-0.25, -0.2) is 4.57 Å². The topological polar surface area (TPSA) is 134 Å². The number of phosphoric ester groups is 1. The van der Waals surface area contributed by atoms with Crippen molar-refractivity contribution < 1.29 is 37.6 Å². The molecule has 3 N–H and O–H groups in total. The minimum atomic E-state index is -4.40. The van der Waals surface area contributed by atoms with Gasteiger partial charge in [-0.05, 0) is 89.9 Å². The first-order chi connectivity index (χ1) is 24.8. The Morgan fingerprint density at radius 1 is 0.588 bits per heavy atom. The molecule has 0 aromatic rings. The molecule has 0 aromatic heterocycles. The number of hydrogen-bond acceptors (Lipinski definition) is 8. The lowest BCUT2D eigenvalue weighted by molar-refractivity contribution is -0.161. The van der Waals surface area contributed by atoms with Gasteiger partial charge >= 0.3 is 19.8 Å². The van der Waals surface area contributed by atoms with Crippen molar-refractivity contribution in [2.75, 3.05) is 26.4 Å². The third-order valence-corrected chi connectivity index (χ3v) is 7.95. The van der Waals surface area contributed by atoms with Crippen molar-refractivity contribution in [3.63, 3.8) is 0 Å². The predicted molar refractivity (Wildman–Crippen MR) is 210 cm³/mol. The lowest BCUT2D eigenvalue weighted by Crippen LogP contribution is -2.29. The molecule has 0 saturated heterocycles. The molecule has 0 bridgehead atoms. The number of nitrogens with two attached hydrogens (primary N) is 1. The van der Waals surface area contributed by atoms with Crippen molar-refractivity contribution in [3.8, 4) is 0 Å². The Labute approximate surface area is 308 Å². The molecule has 0 fully saturated rings. The maximum Gasteiger partial charge on any atom is 0.472 e. The third-order valence-electron chi connectivity index (χ3n) is 6.97. The van der Waals surface area contributed by atoms with E-state index >= 15 is 0 Å². The number of carbonyl (C=O) groups excluding carboxylic acids is 2. The van der Waals surface area contributed by atoms with Crippen LogP contribution in [-0.4, -0.2) is 49.3 Å². The van der Waals surface area contributed by atoms with Gasteiger partial charge in [-0.2, -0.15) is 0 Å². The van der Waals surface area contributed by atoms with Crippen molar-refractivity contribution in [1.29, 1.82) is 0 Å². The zero-order chi connectivity index (χ0) is 37.5. The summed E-state index contributed by atoms with van der Waals surface area (Å²) in [6.45, 7) is 3.36. The van der Waals surface area contributed by atoms with Crippen LogP contribution >= 0.6 is 7.82 Å². The van der Waals surface area contributed by atoms with Crippen LogP contribution < -0.4 is 5.73 Å². The Hall–Kier alpha value is -3.07. The van der Waals surface area contributed by atoms with Gasteiger partial charge in [0, 0.05) is 19.4 Å². The van der Waals surface area contributed by atoms with E-state index in [2.05, 4.69) is 111 Å². The number of phosphoric acid groups is 1. The van der Waals surface area contributed by atoms with E-state index in [0.717, 1.165) is 77.0 Å². The summed E-state index contributed by atoms with van der Waals surface area (Å²) in [7, 11) is -4.40. The van der Waals surface area contributed by atoms with Gasteiger partial charge in [-0.1, -0.05) is 111 Å². The number of hydrogen-bond donors (Lipinski definition) is 2. The standard InChI is InChI=1S/C41H66NO8P/c1-3-5-7-9-11-13-15-17-19-21-23-25-27-29-31-33-40(43)47-37-39(38-49-51(45,46)48-36-35-42)50-41(44)34-32-30-28-26-24-22-20-18-16-14-12-10-8-6-4-2/h5-8,11-14,17-20,23-26,39H,3-4,9-10,15-16,21-22,27-38,42H2,1-2H3,(H,45,46)/b7-5-,8-6-,13-11-,14-12-,19-17-,20-18-,25-23-,26-24-. The van der Waals surface area contributed by atoms with Gasteiger partial charge in [0.05, 0.1) is 13.2 Å². The number of ether oxygens (including phenoxy) is 2. The van der Waals surface area contributed by atoms with Gasteiger partial charge < -0.3 is 20.1 Å². The highest BCUT2D eigenvalue weighted by atomic mass is 31.2. The molecule has 51 heavy (non-hydrogen) atoms. The minimum absolute atomic E-state index is 0.0349. The number of carbonyl (C=O) groups is 2. The summed E-state index contributed by atoms with van der Waals surface area (Å²) in [5, 5.41) is 0. The van der Waals surface area contributed by atoms with Gasteiger partial charge in [0.2, 0.25) is 0 Å². The van der Waals surface area contributed by atoms with Gasteiger partial charge in [0.1, 0.15) is 6.61 Å². The molecule has 0 aromatic carbocycles. The maximum atomic E-state index is 12.5. The number of rotatable bonds is 33. The second-order valence-electron chi connectivity index (χ2n) is 11.7. The van der Waals surface area contributed by atoms with Gasteiger partial charge in [-0.15, -0.1) is 0 Å². The maximum absolute atomic E-state index is 12.5. The van der Waals surface area contributed by atoms with Gasteiger partial charge in [-0.3, -0.25) is 18.6 Å². The number of unbranched alkanes of at least 4 members (excludes halogenated alkanes) is 4.